The molecule has 1 aliphatic carbocycles. The van der Waals surface area contributed by atoms with Crippen LogP contribution in [0.3, 0.4) is 0 Å². The fourth-order valence-electron chi connectivity index (χ4n) is 2.99. The van der Waals surface area contributed by atoms with E-state index in [2.05, 4.69) is 5.32 Å². The summed E-state index contributed by atoms with van der Waals surface area (Å²) in [4.78, 5) is 34.4. The predicted octanol–water partition coefficient (Wildman–Crippen LogP) is -0.169. The zero-order valence-corrected chi connectivity index (χ0v) is 12.8. The SMILES string of the molecule is CC1C(N)CCC(C(=O)N[C@H](CC(N)=O)C(=O)O)C1(C)C. The molecule has 0 saturated heterocycles. The van der Waals surface area contributed by atoms with Crippen molar-refractivity contribution in [2.75, 3.05) is 0 Å². The largest absolute Gasteiger partial charge is 0.480 e. The van der Waals surface area contributed by atoms with Gasteiger partial charge in [0.2, 0.25) is 11.8 Å². The normalized spacial score (nSPS) is 29.4. The number of nitrogens with one attached hydrogen (secondary N) is 1. The molecular weight excluding hydrogens is 274 g/mol. The summed E-state index contributed by atoms with van der Waals surface area (Å²) in [5.41, 5.74) is 10.7. The number of carboxylic acids is 1. The van der Waals surface area contributed by atoms with E-state index >= 15 is 0 Å². The van der Waals surface area contributed by atoms with Gasteiger partial charge in [-0.3, -0.25) is 9.59 Å². The van der Waals surface area contributed by atoms with Gasteiger partial charge in [-0.1, -0.05) is 20.8 Å². The second-order valence-electron chi connectivity index (χ2n) is 6.47. The lowest BCUT2D eigenvalue weighted by molar-refractivity contribution is -0.145. The summed E-state index contributed by atoms with van der Waals surface area (Å²) in [7, 11) is 0. The molecule has 120 valence electrons. The van der Waals surface area contributed by atoms with Gasteiger partial charge < -0.3 is 21.9 Å². The van der Waals surface area contributed by atoms with Crippen molar-refractivity contribution in [2.24, 2.45) is 28.7 Å². The molecule has 7 nitrogen and oxygen atoms in total. The van der Waals surface area contributed by atoms with E-state index in [4.69, 9.17) is 16.6 Å². The van der Waals surface area contributed by atoms with Gasteiger partial charge in [0.15, 0.2) is 0 Å². The maximum absolute atomic E-state index is 12.4. The highest BCUT2D eigenvalue weighted by atomic mass is 16.4. The minimum absolute atomic E-state index is 0.0324. The molecule has 0 bridgehead atoms. The van der Waals surface area contributed by atoms with Gasteiger partial charge in [-0.2, -0.15) is 0 Å². The fraction of sp³-hybridized carbons (Fsp3) is 0.786. The van der Waals surface area contributed by atoms with Crippen molar-refractivity contribution in [3.63, 3.8) is 0 Å². The van der Waals surface area contributed by atoms with Gasteiger partial charge in [0.1, 0.15) is 6.04 Å². The van der Waals surface area contributed by atoms with Crippen LogP contribution in [0.25, 0.3) is 0 Å². The van der Waals surface area contributed by atoms with E-state index in [1.54, 1.807) is 0 Å². The maximum Gasteiger partial charge on any atom is 0.326 e. The number of carbonyl (C=O) groups excluding carboxylic acids is 2. The molecule has 2 amide bonds. The van der Waals surface area contributed by atoms with Gasteiger partial charge in [-0.25, -0.2) is 4.79 Å². The van der Waals surface area contributed by atoms with Gasteiger partial charge in [0.05, 0.1) is 6.42 Å². The Morgan fingerprint density at radius 3 is 2.38 bits per heavy atom. The number of aliphatic carboxylic acids is 1. The van der Waals surface area contributed by atoms with Crippen LogP contribution in [-0.4, -0.2) is 35.0 Å². The Morgan fingerprint density at radius 2 is 1.90 bits per heavy atom. The number of carboxylic acid groups (broad SMARTS) is 1. The first-order valence-electron chi connectivity index (χ1n) is 7.14. The van der Waals surface area contributed by atoms with E-state index in [1.807, 2.05) is 20.8 Å². The van der Waals surface area contributed by atoms with Gasteiger partial charge in [0, 0.05) is 12.0 Å². The first-order valence-corrected chi connectivity index (χ1v) is 7.14. The summed E-state index contributed by atoms with van der Waals surface area (Å²) in [6.45, 7) is 5.93. The van der Waals surface area contributed by atoms with Gasteiger partial charge >= 0.3 is 5.97 Å². The second-order valence-corrected chi connectivity index (χ2v) is 6.47. The van der Waals surface area contributed by atoms with Crippen LogP contribution < -0.4 is 16.8 Å². The van der Waals surface area contributed by atoms with E-state index in [1.165, 1.54) is 0 Å². The quantitative estimate of drug-likeness (QED) is 0.559. The predicted molar refractivity (Wildman–Crippen MR) is 77.0 cm³/mol. The van der Waals surface area contributed by atoms with Crippen LogP contribution in [0, 0.1) is 17.3 Å². The van der Waals surface area contributed by atoms with Gasteiger partial charge in [-0.15, -0.1) is 0 Å². The lowest BCUT2D eigenvalue weighted by Crippen LogP contribution is -2.54. The molecule has 1 saturated carbocycles. The van der Waals surface area contributed by atoms with E-state index in [-0.39, 0.29) is 29.2 Å². The highest BCUT2D eigenvalue weighted by Crippen LogP contribution is 2.44. The average Bonchev–Trinajstić information content (AvgIpc) is 2.34. The molecule has 0 radical (unpaired) electrons. The first kappa shape index (κ1) is 17.4. The molecule has 6 N–H and O–H groups in total. The minimum atomic E-state index is -1.28. The van der Waals surface area contributed by atoms with Crippen LogP contribution in [-0.2, 0) is 14.4 Å². The fourth-order valence-corrected chi connectivity index (χ4v) is 2.99. The Labute approximate surface area is 124 Å². The van der Waals surface area contributed by atoms with E-state index in [9.17, 15) is 14.4 Å². The number of hydrogen-bond acceptors (Lipinski definition) is 4. The lowest BCUT2D eigenvalue weighted by atomic mass is 9.61. The molecule has 0 spiro atoms. The first-order chi connectivity index (χ1) is 9.57. The van der Waals surface area contributed by atoms with Crippen molar-refractivity contribution in [1.29, 1.82) is 0 Å². The average molecular weight is 299 g/mol. The number of nitrogens with two attached hydrogens (primary N) is 2. The highest BCUT2D eigenvalue weighted by Gasteiger charge is 2.45. The summed E-state index contributed by atoms with van der Waals surface area (Å²) in [5, 5.41) is 11.5. The molecule has 0 aromatic carbocycles. The minimum Gasteiger partial charge on any atom is -0.480 e. The van der Waals surface area contributed by atoms with Crippen LogP contribution in [0.4, 0.5) is 0 Å². The van der Waals surface area contributed by atoms with E-state index < -0.39 is 24.3 Å². The van der Waals surface area contributed by atoms with Crippen LogP contribution in [0.15, 0.2) is 0 Å². The Balaban J connectivity index is 2.82. The molecule has 0 heterocycles. The van der Waals surface area contributed by atoms with E-state index in [0.717, 1.165) is 6.42 Å². The molecule has 1 fully saturated rings. The van der Waals surface area contributed by atoms with Crippen LogP contribution in [0.1, 0.15) is 40.0 Å². The molecule has 1 aliphatic rings. The van der Waals surface area contributed by atoms with Crippen molar-refractivity contribution in [3.05, 3.63) is 0 Å². The molecule has 3 unspecified atom stereocenters. The van der Waals surface area contributed by atoms with Gasteiger partial charge in [-0.05, 0) is 24.2 Å². The zero-order chi connectivity index (χ0) is 16.4. The van der Waals surface area contributed by atoms with Crippen molar-refractivity contribution in [2.45, 2.75) is 52.1 Å². The summed E-state index contributed by atoms with van der Waals surface area (Å²) in [6.07, 6.45) is 0.910. The van der Waals surface area contributed by atoms with Crippen molar-refractivity contribution in [1.82, 2.24) is 5.32 Å². The molecule has 1 rings (SSSR count). The third kappa shape index (κ3) is 3.93. The third-order valence-corrected chi connectivity index (χ3v) is 4.84. The second kappa shape index (κ2) is 6.43. The third-order valence-electron chi connectivity index (χ3n) is 4.84. The van der Waals surface area contributed by atoms with Crippen LogP contribution in [0.2, 0.25) is 0 Å². The standard InChI is InChI=1S/C14H25N3O4/c1-7-9(15)5-4-8(14(7,2)3)12(19)17-10(13(20)21)6-11(16)18/h7-10H,4-6,15H2,1-3H3,(H2,16,18)(H,17,19)(H,20,21)/t7?,8?,9?,10-/m1/s1. The number of hydrogen-bond donors (Lipinski definition) is 4. The van der Waals surface area contributed by atoms with Crippen molar-refractivity contribution < 1.29 is 19.5 Å². The molecule has 7 heteroatoms. The molecular formula is C14H25N3O4. The summed E-state index contributed by atoms with van der Waals surface area (Å²) >= 11 is 0. The van der Waals surface area contributed by atoms with Crippen molar-refractivity contribution in [3.8, 4) is 0 Å². The number of primary amides is 1. The number of amides is 2. The summed E-state index contributed by atoms with van der Waals surface area (Å²) in [5.74, 6) is -2.57. The van der Waals surface area contributed by atoms with Crippen LogP contribution in [0.5, 0.6) is 0 Å². The molecule has 0 aliphatic heterocycles. The Bertz CT molecular complexity index is 436. The monoisotopic (exact) mass is 299 g/mol. The number of rotatable bonds is 5. The Kier molecular flexibility index (Phi) is 5.33. The van der Waals surface area contributed by atoms with Gasteiger partial charge in [0.25, 0.3) is 0 Å². The maximum atomic E-state index is 12.4. The molecule has 4 atom stereocenters. The smallest absolute Gasteiger partial charge is 0.326 e. The summed E-state index contributed by atoms with van der Waals surface area (Å²) < 4.78 is 0. The zero-order valence-electron chi connectivity index (χ0n) is 12.8. The van der Waals surface area contributed by atoms with Crippen molar-refractivity contribution >= 4 is 17.8 Å². The topological polar surface area (TPSA) is 136 Å². The molecule has 21 heavy (non-hydrogen) atoms. The lowest BCUT2D eigenvalue weighted by Gasteiger charge is -2.46. The Morgan fingerprint density at radius 1 is 1.33 bits per heavy atom. The van der Waals surface area contributed by atoms with E-state index in [0.29, 0.717) is 6.42 Å². The Hall–Kier alpha value is -1.63. The molecule has 0 aromatic heterocycles. The number of carbonyl (C=O) groups is 3. The highest BCUT2D eigenvalue weighted by molar-refractivity contribution is 5.89. The summed E-state index contributed by atoms with van der Waals surface area (Å²) in [6, 6.07) is -1.25. The van der Waals surface area contributed by atoms with Crippen LogP contribution >= 0.6 is 0 Å². The molecule has 0 aromatic rings.